The lowest BCUT2D eigenvalue weighted by atomic mass is 10.2. The zero-order valence-corrected chi connectivity index (χ0v) is 13.1. The van der Waals surface area contributed by atoms with Crippen LogP contribution in [-0.4, -0.2) is 37.1 Å². The Balaban J connectivity index is 1.99. The monoisotopic (exact) mass is 350 g/mol. The van der Waals surface area contributed by atoms with Crippen LogP contribution >= 0.6 is 0 Å². The van der Waals surface area contributed by atoms with Gasteiger partial charge in [0.2, 0.25) is 15.9 Å². The van der Waals surface area contributed by atoms with Crippen molar-refractivity contribution in [3.8, 4) is 5.75 Å². The number of rotatable bonds is 6. The second-order valence-electron chi connectivity index (χ2n) is 4.72. The molecule has 0 aliphatic rings. The molecule has 0 aliphatic carbocycles. The van der Waals surface area contributed by atoms with Crippen LogP contribution in [0.3, 0.4) is 0 Å². The molecule has 1 amide bonds. The molecule has 0 aromatic heterocycles. The Bertz CT molecular complexity index is 865. The van der Waals surface area contributed by atoms with Gasteiger partial charge in [-0.3, -0.25) is 4.79 Å². The first kappa shape index (κ1) is 17.4. The summed E-state index contributed by atoms with van der Waals surface area (Å²) in [7, 11) is -3.81. The van der Waals surface area contributed by atoms with E-state index in [9.17, 15) is 23.1 Å². The number of carbonyl (C=O) groups excluding carboxylic acids is 1. The maximum atomic E-state index is 12.0. The van der Waals surface area contributed by atoms with Gasteiger partial charge in [-0.1, -0.05) is 18.2 Å². The van der Waals surface area contributed by atoms with Gasteiger partial charge in [0.1, 0.15) is 11.3 Å². The molecule has 0 saturated heterocycles. The van der Waals surface area contributed by atoms with Crippen LogP contribution in [0.5, 0.6) is 5.75 Å². The second kappa shape index (κ2) is 7.11. The van der Waals surface area contributed by atoms with E-state index in [0.29, 0.717) is 0 Å². The third-order valence-corrected chi connectivity index (χ3v) is 4.41. The van der Waals surface area contributed by atoms with Gasteiger partial charge >= 0.3 is 5.97 Å². The highest BCUT2D eigenvalue weighted by molar-refractivity contribution is 7.89. The zero-order valence-electron chi connectivity index (χ0n) is 12.3. The largest absolute Gasteiger partial charge is 0.507 e. The SMILES string of the molecule is O=C(CNS(=O)(=O)c1ccccc1)Nc1ccc(C(=O)O)c(O)c1. The van der Waals surface area contributed by atoms with Crippen LogP contribution in [0, 0.1) is 0 Å². The summed E-state index contributed by atoms with van der Waals surface area (Å²) >= 11 is 0. The molecule has 8 nitrogen and oxygen atoms in total. The van der Waals surface area contributed by atoms with Gasteiger partial charge in [0, 0.05) is 11.8 Å². The summed E-state index contributed by atoms with van der Waals surface area (Å²) in [6, 6.07) is 11.0. The Morgan fingerprint density at radius 1 is 1.04 bits per heavy atom. The zero-order chi connectivity index (χ0) is 17.7. The molecule has 0 heterocycles. The van der Waals surface area contributed by atoms with Crippen molar-refractivity contribution in [2.75, 3.05) is 11.9 Å². The summed E-state index contributed by atoms with van der Waals surface area (Å²) in [5.74, 6) is -2.48. The van der Waals surface area contributed by atoms with Crippen molar-refractivity contribution in [3.05, 3.63) is 54.1 Å². The third kappa shape index (κ3) is 4.31. The van der Waals surface area contributed by atoms with Crippen molar-refractivity contribution in [3.63, 3.8) is 0 Å². The van der Waals surface area contributed by atoms with E-state index in [1.807, 2.05) is 0 Å². The highest BCUT2D eigenvalue weighted by Crippen LogP contribution is 2.21. The Hall–Kier alpha value is -2.91. The number of nitrogens with one attached hydrogen (secondary N) is 2. The van der Waals surface area contributed by atoms with Crippen molar-refractivity contribution in [1.29, 1.82) is 0 Å². The predicted octanol–water partition coefficient (Wildman–Crippen LogP) is 1.01. The molecule has 0 atom stereocenters. The number of carboxylic acids is 1. The average Bonchev–Trinajstić information content (AvgIpc) is 2.54. The van der Waals surface area contributed by atoms with Crippen molar-refractivity contribution in [2.24, 2.45) is 0 Å². The molecule has 126 valence electrons. The molecule has 2 rings (SSSR count). The fourth-order valence-corrected chi connectivity index (χ4v) is 2.84. The molecular formula is C15H14N2O6S. The number of sulfonamides is 1. The highest BCUT2D eigenvalue weighted by Gasteiger charge is 2.15. The number of carbonyl (C=O) groups is 2. The molecule has 0 aliphatic heterocycles. The normalized spacial score (nSPS) is 11.0. The minimum atomic E-state index is -3.81. The summed E-state index contributed by atoms with van der Waals surface area (Å²) in [6.07, 6.45) is 0. The number of aromatic carboxylic acids is 1. The number of carboxylic acid groups (broad SMARTS) is 1. The Labute approximate surface area is 137 Å². The van der Waals surface area contributed by atoms with Crippen LogP contribution < -0.4 is 10.0 Å². The second-order valence-corrected chi connectivity index (χ2v) is 6.49. The number of amides is 1. The number of hydrogen-bond acceptors (Lipinski definition) is 5. The number of benzene rings is 2. The van der Waals surface area contributed by atoms with Crippen LogP contribution in [-0.2, 0) is 14.8 Å². The van der Waals surface area contributed by atoms with Gasteiger partial charge in [0.05, 0.1) is 11.4 Å². The molecule has 0 spiro atoms. The molecule has 2 aromatic carbocycles. The maximum Gasteiger partial charge on any atom is 0.339 e. The van der Waals surface area contributed by atoms with E-state index in [4.69, 9.17) is 5.11 Å². The van der Waals surface area contributed by atoms with Gasteiger partial charge < -0.3 is 15.5 Å². The highest BCUT2D eigenvalue weighted by atomic mass is 32.2. The first-order valence-corrected chi connectivity index (χ1v) is 8.19. The van der Waals surface area contributed by atoms with Gasteiger partial charge in [0.15, 0.2) is 0 Å². The van der Waals surface area contributed by atoms with E-state index in [0.717, 1.165) is 12.1 Å². The molecule has 0 radical (unpaired) electrons. The first-order chi connectivity index (χ1) is 11.3. The molecule has 0 unspecified atom stereocenters. The van der Waals surface area contributed by atoms with Crippen LogP contribution in [0.25, 0.3) is 0 Å². The molecule has 0 saturated carbocycles. The van der Waals surface area contributed by atoms with E-state index < -0.39 is 34.2 Å². The fraction of sp³-hybridized carbons (Fsp3) is 0.0667. The van der Waals surface area contributed by atoms with Crippen LogP contribution in [0.4, 0.5) is 5.69 Å². The van der Waals surface area contributed by atoms with Gasteiger partial charge in [-0.25, -0.2) is 17.9 Å². The van der Waals surface area contributed by atoms with Crippen molar-refractivity contribution in [1.82, 2.24) is 4.72 Å². The van der Waals surface area contributed by atoms with Crippen LogP contribution in [0.2, 0.25) is 0 Å². The number of aromatic hydroxyl groups is 1. The summed E-state index contributed by atoms with van der Waals surface area (Å²) in [4.78, 5) is 22.6. The first-order valence-electron chi connectivity index (χ1n) is 6.70. The standard InChI is InChI=1S/C15H14N2O6S/c18-13-8-10(6-7-12(13)15(20)21)17-14(19)9-16-24(22,23)11-4-2-1-3-5-11/h1-8,16,18H,9H2,(H,17,19)(H,20,21). The Kier molecular flexibility index (Phi) is 5.17. The van der Waals surface area contributed by atoms with E-state index in [1.54, 1.807) is 18.2 Å². The molecule has 4 N–H and O–H groups in total. The van der Waals surface area contributed by atoms with Crippen molar-refractivity contribution < 1.29 is 28.2 Å². The summed E-state index contributed by atoms with van der Waals surface area (Å²) in [5, 5.41) is 20.7. The van der Waals surface area contributed by atoms with Gasteiger partial charge in [-0.2, -0.15) is 0 Å². The van der Waals surface area contributed by atoms with Gasteiger partial charge in [0.25, 0.3) is 0 Å². The van der Waals surface area contributed by atoms with E-state index >= 15 is 0 Å². The molecule has 2 aromatic rings. The van der Waals surface area contributed by atoms with E-state index in [1.165, 1.54) is 18.2 Å². The minimum absolute atomic E-state index is 0.0289. The summed E-state index contributed by atoms with van der Waals surface area (Å²) in [5.41, 5.74) is -0.167. The van der Waals surface area contributed by atoms with E-state index in [-0.39, 0.29) is 16.1 Å². The van der Waals surface area contributed by atoms with Crippen molar-refractivity contribution in [2.45, 2.75) is 4.90 Å². The topological polar surface area (TPSA) is 133 Å². The molecule has 0 bridgehead atoms. The van der Waals surface area contributed by atoms with E-state index in [2.05, 4.69) is 10.0 Å². The summed E-state index contributed by atoms with van der Waals surface area (Å²) < 4.78 is 26.1. The third-order valence-electron chi connectivity index (χ3n) is 2.99. The predicted molar refractivity (Wildman–Crippen MR) is 85.3 cm³/mol. The number of phenols is 1. The molecule has 0 fully saturated rings. The quantitative estimate of drug-likeness (QED) is 0.614. The van der Waals surface area contributed by atoms with Crippen LogP contribution in [0.1, 0.15) is 10.4 Å². The minimum Gasteiger partial charge on any atom is -0.507 e. The summed E-state index contributed by atoms with van der Waals surface area (Å²) in [6.45, 7) is -0.515. The smallest absolute Gasteiger partial charge is 0.339 e. The lowest BCUT2D eigenvalue weighted by Gasteiger charge is -2.09. The lowest BCUT2D eigenvalue weighted by molar-refractivity contribution is -0.115. The Morgan fingerprint density at radius 2 is 1.71 bits per heavy atom. The van der Waals surface area contributed by atoms with Gasteiger partial charge in [-0.05, 0) is 24.3 Å². The number of anilines is 1. The van der Waals surface area contributed by atoms with Crippen molar-refractivity contribution >= 4 is 27.6 Å². The lowest BCUT2D eigenvalue weighted by Crippen LogP contribution is -2.32. The molecule has 24 heavy (non-hydrogen) atoms. The average molecular weight is 350 g/mol. The van der Waals surface area contributed by atoms with Gasteiger partial charge in [-0.15, -0.1) is 0 Å². The maximum absolute atomic E-state index is 12.0. The van der Waals surface area contributed by atoms with Crippen LogP contribution in [0.15, 0.2) is 53.4 Å². The molecule has 9 heteroatoms. The molecular weight excluding hydrogens is 336 g/mol. The Morgan fingerprint density at radius 3 is 2.29 bits per heavy atom. The fourth-order valence-electron chi connectivity index (χ4n) is 1.84. The number of hydrogen-bond donors (Lipinski definition) is 4.